The standard InChI is InChI=1S/C18H34N2O/c1-3-14-6-11-17(12-7-14)20(2)18(21)13-8-15-4-9-16(19)10-5-15/h14-17H,3-13,19H2,1-2H3. The van der Waals surface area contributed by atoms with Crippen LogP contribution in [0.25, 0.3) is 0 Å². The molecule has 0 aromatic carbocycles. The molecule has 3 heteroatoms. The van der Waals surface area contributed by atoms with Crippen molar-refractivity contribution >= 4 is 5.91 Å². The third kappa shape index (κ3) is 4.98. The number of hydrogen-bond acceptors (Lipinski definition) is 2. The van der Waals surface area contributed by atoms with Gasteiger partial charge in [-0.05, 0) is 69.6 Å². The van der Waals surface area contributed by atoms with E-state index >= 15 is 0 Å². The van der Waals surface area contributed by atoms with Gasteiger partial charge in [0.2, 0.25) is 5.91 Å². The van der Waals surface area contributed by atoms with E-state index in [1.165, 1.54) is 44.9 Å². The number of carbonyl (C=O) groups excluding carboxylic acids is 1. The lowest BCUT2D eigenvalue weighted by Gasteiger charge is -2.35. The van der Waals surface area contributed by atoms with Crippen molar-refractivity contribution < 1.29 is 4.79 Å². The third-order valence-electron chi connectivity index (χ3n) is 5.99. The summed E-state index contributed by atoms with van der Waals surface area (Å²) in [5, 5.41) is 0. The molecular formula is C18H34N2O. The van der Waals surface area contributed by atoms with Gasteiger partial charge in [-0.2, -0.15) is 0 Å². The summed E-state index contributed by atoms with van der Waals surface area (Å²) in [6, 6.07) is 0.911. The molecule has 0 aromatic rings. The van der Waals surface area contributed by atoms with Crippen LogP contribution in [-0.4, -0.2) is 29.9 Å². The van der Waals surface area contributed by atoms with Gasteiger partial charge in [0.25, 0.3) is 0 Å². The Morgan fingerprint density at radius 2 is 1.57 bits per heavy atom. The Morgan fingerprint density at radius 3 is 2.14 bits per heavy atom. The summed E-state index contributed by atoms with van der Waals surface area (Å²) in [5.41, 5.74) is 5.95. The maximum atomic E-state index is 12.4. The first-order chi connectivity index (χ1) is 10.1. The quantitative estimate of drug-likeness (QED) is 0.840. The predicted molar refractivity (Wildman–Crippen MR) is 88.0 cm³/mol. The van der Waals surface area contributed by atoms with E-state index < -0.39 is 0 Å². The van der Waals surface area contributed by atoms with Crippen LogP contribution in [0.5, 0.6) is 0 Å². The Bertz CT molecular complexity index is 315. The van der Waals surface area contributed by atoms with Gasteiger partial charge in [0.05, 0.1) is 0 Å². The van der Waals surface area contributed by atoms with E-state index in [9.17, 15) is 4.79 Å². The fraction of sp³-hybridized carbons (Fsp3) is 0.944. The summed E-state index contributed by atoms with van der Waals surface area (Å²) in [5.74, 6) is 2.00. The first kappa shape index (κ1) is 16.8. The minimum absolute atomic E-state index is 0.366. The molecule has 0 spiro atoms. The van der Waals surface area contributed by atoms with Crippen molar-refractivity contribution in [2.45, 2.75) is 89.6 Å². The van der Waals surface area contributed by atoms with Crippen LogP contribution in [0.4, 0.5) is 0 Å². The van der Waals surface area contributed by atoms with Gasteiger partial charge in [0, 0.05) is 25.6 Å². The average molecular weight is 294 g/mol. The molecule has 0 aliphatic heterocycles. The molecule has 2 aliphatic rings. The maximum absolute atomic E-state index is 12.4. The van der Waals surface area contributed by atoms with E-state index in [0.29, 0.717) is 18.0 Å². The Balaban J connectivity index is 1.68. The summed E-state index contributed by atoms with van der Waals surface area (Å²) in [6.07, 6.45) is 12.9. The lowest BCUT2D eigenvalue weighted by atomic mass is 9.83. The smallest absolute Gasteiger partial charge is 0.222 e. The summed E-state index contributed by atoms with van der Waals surface area (Å²) < 4.78 is 0. The predicted octanol–water partition coefficient (Wildman–Crippen LogP) is 3.71. The highest BCUT2D eigenvalue weighted by Gasteiger charge is 2.26. The molecule has 0 heterocycles. The van der Waals surface area contributed by atoms with Crippen molar-refractivity contribution in [3.8, 4) is 0 Å². The van der Waals surface area contributed by atoms with Crippen molar-refractivity contribution in [1.29, 1.82) is 0 Å². The van der Waals surface area contributed by atoms with Gasteiger partial charge >= 0.3 is 0 Å². The highest BCUT2D eigenvalue weighted by molar-refractivity contribution is 5.76. The van der Waals surface area contributed by atoms with E-state index in [-0.39, 0.29) is 0 Å². The van der Waals surface area contributed by atoms with Crippen LogP contribution in [0.3, 0.4) is 0 Å². The molecule has 0 bridgehead atoms. The number of nitrogens with two attached hydrogens (primary N) is 1. The van der Waals surface area contributed by atoms with Crippen molar-refractivity contribution in [1.82, 2.24) is 4.90 Å². The van der Waals surface area contributed by atoms with E-state index in [1.807, 2.05) is 7.05 Å². The second kappa shape index (κ2) is 8.17. The maximum Gasteiger partial charge on any atom is 0.222 e. The van der Waals surface area contributed by atoms with Crippen LogP contribution >= 0.6 is 0 Å². The van der Waals surface area contributed by atoms with Crippen LogP contribution < -0.4 is 5.73 Å². The normalized spacial score (nSPS) is 33.7. The van der Waals surface area contributed by atoms with E-state index in [1.54, 1.807) is 0 Å². The second-order valence-electron chi connectivity index (χ2n) is 7.41. The van der Waals surface area contributed by atoms with Gasteiger partial charge in [-0.15, -0.1) is 0 Å². The molecule has 0 radical (unpaired) electrons. The van der Waals surface area contributed by atoms with Gasteiger partial charge in [-0.25, -0.2) is 0 Å². The number of nitrogens with zero attached hydrogens (tertiary/aromatic N) is 1. The molecular weight excluding hydrogens is 260 g/mol. The van der Waals surface area contributed by atoms with Crippen LogP contribution in [0.2, 0.25) is 0 Å². The highest BCUT2D eigenvalue weighted by atomic mass is 16.2. The van der Waals surface area contributed by atoms with E-state index in [2.05, 4.69) is 11.8 Å². The molecule has 2 saturated carbocycles. The molecule has 2 aliphatic carbocycles. The number of rotatable bonds is 5. The molecule has 3 nitrogen and oxygen atoms in total. The fourth-order valence-electron chi connectivity index (χ4n) is 4.12. The van der Waals surface area contributed by atoms with Crippen molar-refractivity contribution in [2.75, 3.05) is 7.05 Å². The first-order valence-corrected chi connectivity index (χ1v) is 9.11. The van der Waals surface area contributed by atoms with Gasteiger partial charge in [0.15, 0.2) is 0 Å². The molecule has 0 atom stereocenters. The zero-order valence-electron chi connectivity index (χ0n) is 14.0. The van der Waals surface area contributed by atoms with Crippen LogP contribution in [0, 0.1) is 11.8 Å². The molecule has 122 valence electrons. The molecule has 2 rings (SSSR count). The van der Waals surface area contributed by atoms with Crippen molar-refractivity contribution in [2.24, 2.45) is 17.6 Å². The minimum Gasteiger partial charge on any atom is -0.343 e. The second-order valence-corrected chi connectivity index (χ2v) is 7.41. The van der Waals surface area contributed by atoms with Gasteiger partial charge in [-0.1, -0.05) is 13.3 Å². The molecule has 21 heavy (non-hydrogen) atoms. The van der Waals surface area contributed by atoms with Crippen LogP contribution in [0.1, 0.15) is 77.6 Å². The number of hydrogen-bond donors (Lipinski definition) is 1. The van der Waals surface area contributed by atoms with Gasteiger partial charge in [0.1, 0.15) is 0 Å². The molecule has 0 aromatic heterocycles. The number of amides is 1. The first-order valence-electron chi connectivity index (χ1n) is 9.11. The van der Waals surface area contributed by atoms with Gasteiger partial charge < -0.3 is 10.6 Å². The van der Waals surface area contributed by atoms with Crippen molar-refractivity contribution in [3.05, 3.63) is 0 Å². The Hall–Kier alpha value is -0.570. The Kier molecular flexibility index (Phi) is 6.53. The zero-order valence-corrected chi connectivity index (χ0v) is 14.0. The average Bonchev–Trinajstić information content (AvgIpc) is 2.53. The lowest BCUT2D eigenvalue weighted by molar-refractivity contribution is -0.133. The van der Waals surface area contributed by atoms with E-state index in [4.69, 9.17) is 5.73 Å². The van der Waals surface area contributed by atoms with Crippen LogP contribution in [-0.2, 0) is 4.79 Å². The minimum atomic E-state index is 0.366. The summed E-state index contributed by atoms with van der Waals surface area (Å²) >= 11 is 0. The van der Waals surface area contributed by atoms with Crippen molar-refractivity contribution in [3.63, 3.8) is 0 Å². The molecule has 2 fully saturated rings. The lowest BCUT2D eigenvalue weighted by Crippen LogP contribution is -2.39. The monoisotopic (exact) mass is 294 g/mol. The Labute approximate surface area is 130 Å². The largest absolute Gasteiger partial charge is 0.343 e. The van der Waals surface area contributed by atoms with Gasteiger partial charge in [-0.3, -0.25) is 4.79 Å². The van der Waals surface area contributed by atoms with E-state index in [0.717, 1.165) is 37.5 Å². The molecule has 1 amide bonds. The third-order valence-corrected chi connectivity index (χ3v) is 5.99. The molecule has 2 N–H and O–H groups in total. The number of carbonyl (C=O) groups is 1. The Morgan fingerprint density at radius 1 is 1.00 bits per heavy atom. The van der Waals surface area contributed by atoms with Crippen LogP contribution in [0.15, 0.2) is 0 Å². The zero-order chi connectivity index (χ0) is 15.2. The summed E-state index contributed by atoms with van der Waals surface area (Å²) in [7, 11) is 2.02. The SMILES string of the molecule is CCC1CCC(N(C)C(=O)CCC2CCC(N)CC2)CC1. The summed E-state index contributed by atoms with van der Waals surface area (Å²) in [4.78, 5) is 14.5. The molecule has 0 unspecified atom stereocenters. The highest BCUT2D eigenvalue weighted by Crippen LogP contribution is 2.30. The molecule has 0 saturated heterocycles. The summed E-state index contributed by atoms with van der Waals surface area (Å²) in [6.45, 7) is 2.29. The topological polar surface area (TPSA) is 46.3 Å². The fourth-order valence-corrected chi connectivity index (χ4v) is 4.12.